The van der Waals surface area contributed by atoms with Crippen LogP contribution in [0.4, 0.5) is 0 Å². The fraction of sp³-hybridized carbons (Fsp3) is 0.750. The molecule has 0 N–H and O–H groups in total. The summed E-state index contributed by atoms with van der Waals surface area (Å²) < 4.78 is 0. The normalized spacial score (nSPS) is 31.2. The highest BCUT2D eigenvalue weighted by molar-refractivity contribution is 5.97. The number of hydrogen-bond donors (Lipinski definition) is 0. The van der Waals surface area contributed by atoms with Crippen LogP contribution in [0.25, 0.3) is 0 Å². The highest BCUT2D eigenvalue weighted by atomic mass is 16.1. The summed E-state index contributed by atoms with van der Waals surface area (Å²) in [5.41, 5.74) is 0.885. The van der Waals surface area contributed by atoms with E-state index in [-0.39, 0.29) is 0 Å². The van der Waals surface area contributed by atoms with Crippen molar-refractivity contribution in [1.82, 2.24) is 0 Å². The van der Waals surface area contributed by atoms with Gasteiger partial charge < -0.3 is 0 Å². The summed E-state index contributed by atoms with van der Waals surface area (Å²) in [4.78, 5) is 11.3. The highest BCUT2D eigenvalue weighted by Gasteiger charge is 2.32. The molecule has 0 amide bonds. The largest absolute Gasteiger partial charge is 0.295 e. The average Bonchev–Trinajstić information content (AvgIpc) is 2.49. The number of rotatable bonds is 1. The van der Waals surface area contributed by atoms with Gasteiger partial charge in [0.25, 0.3) is 0 Å². The minimum Gasteiger partial charge on any atom is -0.295 e. The first-order valence-corrected chi connectivity index (χ1v) is 5.48. The molecule has 0 heterocycles. The summed E-state index contributed by atoms with van der Waals surface area (Å²) in [7, 11) is 0. The molecular weight excluding hydrogens is 160 g/mol. The Balaban J connectivity index is 1.94. The smallest absolute Gasteiger partial charge is 0.158 e. The second-order valence-corrected chi connectivity index (χ2v) is 4.59. The Hall–Kier alpha value is -0.590. The zero-order chi connectivity index (χ0) is 9.26. The lowest BCUT2D eigenvalue weighted by Gasteiger charge is -2.26. The second kappa shape index (κ2) is 3.65. The summed E-state index contributed by atoms with van der Waals surface area (Å²) in [5.74, 6) is 1.81. The predicted molar refractivity (Wildman–Crippen MR) is 53.4 cm³/mol. The van der Waals surface area contributed by atoms with E-state index in [9.17, 15) is 4.79 Å². The predicted octanol–water partition coefficient (Wildman–Crippen LogP) is 3.10. The van der Waals surface area contributed by atoms with Crippen LogP contribution in [0.2, 0.25) is 0 Å². The maximum absolute atomic E-state index is 11.3. The maximum Gasteiger partial charge on any atom is 0.158 e. The van der Waals surface area contributed by atoms with Gasteiger partial charge in [-0.25, -0.2) is 0 Å². The first-order valence-electron chi connectivity index (χ1n) is 5.48. The van der Waals surface area contributed by atoms with E-state index >= 15 is 0 Å². The maximum atomic E-state index is 11.3. The quantitative estimate of drug-likeness (QED) is 0.564. The molecule has 13 heavy (non-hydrogen) atoms. The van der Waals surface area contributed by atoms with Gasteiger partial charge in [-0.15, -0.1) is 0 Å². The third-order valence-electron chi connectivity index (χ3n) is 3.67. The van der Waals surface area contributed by atoms with Crippen molar-refractivity contribution < 1.29 is 4.79 Å². The summed E-state index contributed by atoms with van der Waals surface area (Å²) >= 11 is 0. The monoisotopic (exact) mass is 178 g/mol. The van der Waals surface area contributed by atoms with Gasteiger partial charge in [-0.1, -0.05) is 38.7 Å². The molecule has 1 nitrogen and oxygen atoms in total. The van der Waals surface area contributed by atoms with E-state index in [1.807, 2.05) is 0 Å². The van der Waals surface area contributed by atoms with Gasteiger partial charge in [-0.2, -0.15) is 0 Å². The van der Waals surface area contributed by atoms with Crippen molar-refractivity contribution in [3.8, 4) is 0 Å². The Morgan fingerprint density at radius 1 is 1.00 bits per heavy atom. The Morgan fingerprint density at radius 2 is 1.69 bits per heavy atom. The van der Waals surface area contributed by atoms with E-state index in [1.54, 1.807) is 0 Å². The minimum absolute atomic E-state index is 0.329. The van der Waals surface area contributed by atoms with Crippen molar-refractivity contribution in [3.05, 3.63) is 12.2 Å². The lowest BCUT2D eigenvalue weighted by molar-refractivity contribution is -0.115. The highest BCUT2D eigenvalue weighted by Crippen LogP contribution is 2.39. The number of allylic oxidation sites excluding steroid dienone is 1. The summed E-state index contributed by atoms with van der Waals surface area (Å²) in [6.07, 6.45) is 8.64. The van der Waals surface area contributed by atoms with Crippen LogP contribution in [0.3, 0.4) is 0 Å². The van der Waals surface area contributed by atoms with Crippen molar-refractivity contribution in [1.29, 1.82) is 0 Å². The van der Waals surface area contributed by atoms with Crippen LogP contribution in [-0.4, -0.2) is 5.78 Å². The van der Waals surface area contributed by atoms with Gasteiger partial charge in [0.05, 0.1) is 0 Å². The lowest BCUT2D eigenvalue weighted by Crippen LogP contribution is -2.15. The summed E-state index contributed by atoms with van der Waals surface area (Å²) in [5, 5.41) is 0. The third-order valence-corrected chi connectivity index (χ3v) is 3.67. The van der Waals surface area contributed by atoms with Crippen molar-refractivity contribution in [2.75, 3.05) is 0 Å². The van der Waals surface area contributed by atoms with E-state index < -0.39 is 0 Å². The van der Waals surface area contributed by atoms with Crippen LogP contribution < -0.4 is 0 Å². The fourth-order valence-corrected chi connectivity index (χ4v) is 2.82. The van der Waals surface area contributed by atoms with Gasteiger partial charge in [0.2, 0.25) is 0 Å². The molecule has 2 saturated carbocycles. The molecule has 2 rings (SSSR count). The number of carbonyl (C=O) groups excluding carboxylic acids is 1. The standard InChI is InChI=1S/C12H18O/c1-9-7-11(8-12(9)13)10-5-3-2-4-6-10/h10-11H,1-8H2. The van der Waals surface area contributed by atoms with Gasteiger partial charge >= 0.3 is 0 Å². The molecule has 2 aliphatic rings. The van der Waals surface area contributed by atoms with Gasteiger partial charge in [-0.3, -0.25) is 4.79 Å². The average molecular weight is 178 g/mol. The second-order valence-electron chi connectivity index (χ2n) is 4.59. The van der Waals surface area contributed by atoms with Crippen LogP contribution in [0.5, 0.6) is 0 Å². The number of carbonyl (C=O) groups is 1. The van der Waals surface area contributed by atoms with Crippen molar-refractivity contribution in [2.24, 2.45) is 11.8 Å². The van der Waals surface area contributed by atoms with Crippen molar-refractivity contribution >= 4 is 5.78 Å². The molecule has 1 atom stereocenters. The molecule has 1 heteroatoms. The van der Waals surface area contributed by atoms with Gasteiger partial charge in [0.1, 0.15) is 0 Å². The van der Waals surface area contributed by atoms with Crippen LogP contribution in [-0.2, 0) is 4.79 Å². The van der Waals surface area contributed by atoms with Gasteiger partial charge in [0, 0.05) is 6.42 Å². The number of hydrogen-bond acceptors (Lipinski definition) is 1. The zero-order valence-electron chi connectivity index (χ0n) is 8.22. The Kier molecular flexibility index (Phi) is 2.52. The van der Waals surface area contributed by atoms with Gasteiger partial charge in [-0.05, 0) is 23.8 Å². The minimum atomic E-state index is 0.329. The summed E-state index contributed by atoms with van der Waals surface area (Å²) in [6.45, 7) is 3.83. The molecular formula is C12H18O. The number of ketones is 1. The lowest BCUT2D eigenvalue weighted by atomic mass is 9.79. The van der Waals surface area contributed by atoms with Crippen LogP contribution in [0.15, 0.2) is 12.2 Å². The first kappa shape index (κ1) is 8.98. The SMILES string of the molecule is C=C1CC(C2CCCCC2)CC1=O. The van der Waals surface area contributed by atoms with Crippen LogP contribution in [0.1, 0.15) is 44.9 Å². The molecule has 2 fully saturated rings. The molecule has 0 saturated heterocycles. The Bertz CT molecular complexity index is 207. The van der Waals surface area contributed by atoms with E-state index in [0.29, 0.717) is 11.7 Å². The van der Waals surface area contributed by atoms with E-state index in [1.165, 1.54) is 32.1 Å². The first-order chi connectivity index (χ1) is 6.27. The molecule has 0 aliphatic heterocycles. The van der Waals surface area contributed by atoms with Crippen molar-refractivity contribution in [2.45, 2.75) is 44.9 Å². The molecule has 0 spiro atoms. The molecule has 0 aromatic carbocycles. The molecule has 0 aromatic heterocycles. The Morgan fingerprint density at radius 3 is 2.23 bits per heavy atom. The molecule has 1 unspecified atom stereocenters. The fourth-order valence-electron chi connectivity index (χ4n) is 2.82. The van der Waals surface area contributed by atoms with Crippen molar-refractivity contribution in [3.63, 3.8) is 0 Å². The molecule has 0 bridgehead atoms. The van der Waals surface area contributed by atoms with Gasteiger partial charge in [0.15, 0.2) is 5.78 Å². The summed E-state index contributed by atoms with van der Waals surface area (Å²) in [6, 6.07) is 0. The molecule has 2 aliphatic carbocycles. The zero-order valence-corrected chi connectivity index (χ0v) is 8.22. The number of Topliss-reactive ketones (excluding diaryl/α,β-unsaturated/α-hetero) is 1. The molecule has 0 radical (unpaired) electrons. The Labute approximate surface area is 80.2 Å². The third kappa shape index (κ3) is 1.84. The van der Waals surface area contributed by atoms with Crippen LogP contribution >= 0.6 is 0 Å². The van der Waals surface area contributed by atoms with E-state index in [2.05, 4.69) is 6.58 Å². The van der Waals surface area contributed by atoms with E-state index in [4.69, 9.17) is 0 Å². The van der Waals surface area contributed by atoms with E-state index in [0.717, 1.165) is 24.3 Å². The topological polar surface area (TPSA) is 17.1 Å². The molecule has 72 valence electrons. The molecule has 0 aromatic rings. The van der Waals surface area contributed by atoms with Crippen LogP contribution in [0, 0.1) is 11.8 Å².